The normalized spacial score (nSPS) is 39.4. The number of hydrogen-bond acceptors (Lipinski definition) is 1. The molecule has 1 N–H and O–H groups in total. The van der Waals surface area contributed by atoms with Gasteiger partial charge in [-0.1, -0.05) is 12.2 Å². The van der Waals surface area contributed by atoms with Crippen molar-refractivity contribution >= 4 is 0 Å². The third kappa shape index (κ3) is 1.07. The van der Waals surface area contributed by atoms with E-state index in [1.807, 2.05) is 12.2 Å². The van der Waals surface area contributed by atoms with Gasteiger partial charge in [0.05, 0.1) is 0 Å². The maximum atomic E-state index is 13.0. The topological polar surface area (TPSA) is 20.2 Å². The zero-order chi connectivity index (χ0) is 8.77. The smallest absolute Gasteiger partial charge is 0.274 e. The van der Waals surface area contributed by atoms with Crippen molar-refractivity contribution in [3.63, 3.8) is 0 Å². The molecule has 0 aromatic heterocycles. The van der Waals surface area contributed by atoms with Crippen molar-refractivity contribution in [2.24, 2.45) is 17.8 Å². The second-order valence-corrected chi connectivity index (χ2v) is 3.81. The Morgan fingerprint density at radius 2 is 2.08 bits per heavy atom. The lowest BCUT2D eigenvalue weighted by atomic mass is 9.88. The van der Waals surface area contributed by atoms with Crippen LogP contribution in [0.25, 0.3) is 0 Å². The van der Waals surface area contributed by atoms with Crippen LogP contribution in [0.4, 0.5) is 8.78 Å². The molecule has 0 aliphatic heterocycles. The Balaban J connectivity index is 2.12. The fourth-order valence-electron chi connectivity index (χ4n) is 2.38. The predicted octanol–water partition coefficient (Wildman–Crippen LogP) is 1.83. The van der Waals surface area contributed by atoms with Gasteiger partial charge in [-0.25, -0.2) is 8.78 Å². The summed E-state index contributed by atoms with van der Waals surface area (Å²) in [4.78, 5) is 0. The molecule has 0 aromatic carbocycles. The Hall–Kier alpha value is -0.440. The molecule has 0 spiro atoms. The van der Waals surface area contributed by atoms with Crippen molar-refractivity contribution < 1.29 is 13.9 Å². The van der Waals surface area contributed by atoms with Gasteiger partial charge < -0.3 is 5.11 Å². The van der Waals surface area contributed by atoms with Crippen LogP contribution in [0.1, 0.15) is 12.8 Å². The summed E-state index contributed by atoms with van der Waals surface area (Å²) in [6.45, 7) is -1.01. The summed E-state index contributed by atoms with van der Waals surface area (Å²) in [6, 6.07) is 0. The van der Waals surface area contributed by atoms with E-state index in [0.717, 1.165) is 6.42 Å². The molecule has 1 saturated carbocycles. The van der Waals surface area contributed by atoms with Crippen LogP contribution in [0, 0.1) is 17.8 Å². The minimum absolute atomic E-state index is 0.0112. The van der Waals surface area contributed by atoms with Gasteiger partial charge in [0.2, 0.25) is 0 Å². The quantitative estimate of drug-likeness (QED) is 0.633. The van der Waals surface area contributed by atoms with Gasteiger partial charge in [0.15, 0.2) is 0 Å². The van der Waals surface area contributed by atoms with Gasteiger partial charge in [0.1, 0.15) is 6.61 Å². The maximum absolute atomic E-state index is 13.0. The molecular weight excluding hydrogens is 162 g/mol. The number of aliphatic hydroxyl groups is 1. The first-order valence-corrected chi connectivity index (χ1v) is 4.30. The summed E-state index contributed by atoms with van der Waals surface area (Å²) in [7, 11) is 0. The molecule has 2 aliphatic carbocycles. The highest BCUT2D eigenvalue weighted by atomic mass is 19.3. The fraction of sp³-hybridized carbons (Fsp3) is 0.778. The monoisotopic (exact) mass is 174 g/mol. The molecule has 3 unspecified atom stereocenters. The third-order valence-corrected chi connectivity index (χ3v) is 3.03. The van der Waals surface area contributed by atoms with Crippen LogP contribution >= 0.6 is 0 Å². The van der Waals surface area contributed by atoms with Crippen LogP contribution in [-0.2, 0) is 0 Å². The number of rotatable bonds is 2. The molecule has 0 saturated heterocycles. The van der Waals surface area contributed by atoms with Crippen molar-refractivity contribution in [3.8, 4) is 0 Å². The van der Waals surface area contributed by atoms with Crippen molar-refractivity contribution in [2.45, 2.75) is 18.8 Å². The van der Waals surface area contributed by atoms with Gasteiger partial charge in [0.25, 0.3) is 5.92 Å². The molecule has 3 heteroatoms. The number of hydrogen-bond donors (Lipinski definition) is 1. The molecular formula is C9H12F2O. The Morgan fingerprint density at radius 1 is 1.33 bits per heavy atom. The second-order valence-electron chi connectivity index (χ2n) is 3.81. The van der Waals surface area contributed by atoms with Gasteiger partial charge in [-0.05, 0) is 24.7 Å². The highest BCUT2D eigenvalue weighted by Crippen LogP contribution is 2.49. The summed E-state index contributed by atoms with van der Waals surface area (Å²) < 4.78 is 26.1. The lowest BCUT2D eigenvalue weighted by molar-refractivity contribution is -0.105. The summed E-state index contributed by atoms with van der Waals surface area (Å²) in [6.07, 6.45) is 5.31. The molecule has 12 heavy (non-hydrogen) atoms. The zero-order valence-corrected chi connectivity index (χ0v) is 6.71. The van der Waals surface area contributed by atoms with Crippen LogP contribution in [0.3, 0.4) is 0 Å². The van der Waals surface area contributed by atoms with Crippen LogP contribution < -0.4 is 0 Å². The first-order valence-electron chi connectivity index (χ1n) is 4.30. The van der Waals surface area contributed by atoms with Gasteiger partial charge in [-0.3, -0.25) is 0 Å². The molecule has 2 bridgehead atoms. The minimum Gasteiger partial charge on any atom is -0.390 e. The fourth-order valence-corrected chi connectivity index (χ4v) is 2.38. The lowest BCUT2D eigenvalue weighted by Gasteiger charge is -2.26. The predicted molar refractivity (Wildman–Crippen MR) is 40.9 cm³/mol. The van der Waals surface area contributed by atoms with E-state index in [2.05, 4.69) is 0 Å². The number of aliphatic hydroxyl groups excluding tert-OH is 1. The first kappa shape index (κ1) is 8.17. The van der Waals surface area contributed by atoms with Gasteiger partial charge in [-0.15, -0.1) is 0 Å². The average molecular weight is 174 g/mol. The van der Waals surface area contributed by atoms with E-state index >= 15 is 0 Å². The third-order valence-electron chi connectivity index (χ3n) is 3.03. The molecule has 0 aromatic rings. The van der Waals surface area contributed by atoms with E-state index < -0.39 is 18.4 Å². The van der Waals surface area contributed by atoms with Crippen LogP contribution in [0.15, 0.2) is 12.2 Å². The lowest BCUT2D eigenvalue weighted by Crippen LogP contribution is -2.34. The SMILES string of the molecule is OCC(F)(F)C1CC2C=CC1C2. The standard InChI is InChI=1S/C9H12F2O/c10-9(11,5-12)8-4-6-1-2-7(8)3-6/h1-2,6-8,12H,3-5H2. The number of alkyl halides is 2. The van der Waals surface area contributed by atoms with Crippen molar-refractivity contribution in [2.75, 3.05) is 6.61 Å². The number of fused-ring (bicyclic) bond motifs is 2. The number of halogens is 2. The summed E-state index contributed by atoms with van der Waals surface area (Å²) in [5, 5.41) is 8.51. The zero-order valence-electron chi connectivity index (χ0n) is 6.71. The van der Waals surface area contributed by atoms with Crippen LogP contribution in [-0.4, -0.2) is 17.6 Å². The first-order chi connectivity index (χ1) is 5.63. The molecule has 1 fully saturated rings. The highest BCUT2D eigenvalue weighted by molar-refractivity contribution is 5.12. The minimum atomic E-state index is -2.87. The van der Waals surface area contributed by atoms with E-state index in [4.69, 9.17) is 5.11 Å². The molecule has 2 rings (SSSR count). The average Bonchev–Trinajstić information content (AvgIpc) is 2.64. The maximum Gasteiger partial charge on any atom is 0.274 e. The molecule has 3 atom stereocenters. The summed E-state index contributed by atoms with van der Waals surface area (Å²) in [5.74, 6) is -3.13. The van der Waals surface area contributed by atoms with E-state index in [-0.39, 0.29) is 5.92 Å². The van der Waals surface area contributed by atoms with Gasteiger partial charge >= 0.3 is 0 Å². The Labute approximate surface area is 70.1 Å². The van der Waals surface area contributed by atoms with Gasteiger partial charge in [0, 0.05) is 5.92 Å². The van der Waals surface area contributed by atoms with Crippen molar-refractivity contribution in [1.29, 1.82) is 0 Å². The molecule has 0 heterocycles. The molecule has 2 aliphatic rings. The summed E-state index contributed by atoms with van der Waals surface area (Å²) in [5.41, 5.74) is 0. The van der Waals surface area contributed by atoms with E-state index in [9.17, 15) is 8.78 Å². The van der Waals surface area contributed by atoms with E-state index in [0.29, 0.717) is 12.3 Å². The van der Waals surface area contributed by atoms with E-state index in [1.165, 1.54) is 0 Å². The Morgan fingerprint density at radius 3 is 2.50 bits per heavy atom. The highest BCUT2D eigenvalue weighted by Gasteiger charge is 2.49. The molecule has 0 amide bonds. The Bertz CT molecular complexity index is 213. The van der Waals surface area contributed by atoms with Crippen LogP contribution in [0.2, 0.25) is 0 Å². The largest absolute Gasteiger partial charge is 0.390 e. The number of allylic oxidation sites excluding steroid dienone is 2. The van der Waals surface area contributed by atoms with E-state index in [1.54, 1.807) is 0 Å². The Kier molecular flexibility index (Phi) is 1.72. The molecule has 1 nitrogen and oxygen atoms in total. The van der Waals surface area contributed by atoms with Gasteiger partial charge in [-0.2, -0.15) is 0 Å². The molecule has 68 valence electrons. The van der Waals surface area contributed by atoms with Crippen LogP contribution in [0.5, 0.6) is 0 Å². The van der Waals surface area contributed by atoms with Crippen molar-refractivity contribution in [1.82, 2.24) is 0 Å². The summed E-state index contributed by atoms with van der Waals surface area (Å²) >= 11 is 0. The second kappa shape index (κ2) is 2.52. The molecule has 0 radical (unpaired) electrons. The van der Waals surface area contributed by atoms with Crippen molar-refractivity contribution in [3.05, 3.63) is 12.2 Å².